The molecule has 0 bridgehead atoms. The molecular formula is C22H26O4Zn. The first-order valence-electron chi connectivity index (χ1n) is 8.93. The number of benzene rings is 2. The second kappa shape index (κ2) is 12.4. The van der Waals surface area contributed by atoms with Gasteiger partial charge in [0.05, 0.1) is 11.9 Å². The van der Waals surface area contributed by atoms with Crippen molar-refractivity contribution >= 4 is 11.9 Å². The van der Waals surface area contributed by atoms with E-state index in [1.165, 1.54) is 0 Å². The predicted molar refractivity (Wildman–Crippen MR) is 99.0 cm³/mol. The zero-order chi connectivity index (χ0) is 19.7. The van der Waals surface area contributed by atoms with Crippen molar-refractivity contribution in [1.82, 2.24) is 0 Å². The predicted octanol–water partition coefficient (Wildman–Crippen LogP) is 3.12. The quantitative estimate of drug-likeness (QED) is 0.674. The summed E-state index contributed by atoms with van der Waals surface area (Å²) in [5.74, 6) is -1.63. The van der Waals surface area contributed by atoms with Crippen LogP contribution in [0.4, 0.5) is 0 Å². The molecule has 2 unspecified atom stereocenters. The summed E-state index contributed by atoms with van der Waals surface area (Å²) < 4.78 is 0. The van der Waals surface area contributed by atoms with E-state index in [1.807, 2.05) is 52.0 Å². The normalized spacial score (nSPS) is 12.0. The topological polar surface area (TPSA) is 80.3 Å². The van der Waals surface area contributed by atoms with Crippen LogP contribution in [0.5, 0.6) is 0 Å². The number of aromatic carboxylic acids is 2. The summed E-state index contributed by atoms with van der Waals surface area (Å²) in [5.41, 5.74) is 2.36. The minimum atomic E-state index is -1.09. The molecule has 2 aromatic rings. The third-order valence-corrected chi connectivity index (χ3v) is 4.65. The van der Waals surface area contributed by atoms with E-state index in [2.05, 4.69) is 0 Å². The van der Waals surface area contributed by atoms with E-state index in [1.54, 1.807) is 24.3 Å². The Morgan fingerprint density at radius 2 is 1.04 bits per heavy atom. The van der Waals surface area contributed by atoms with Gasteiger partial charge >= 0.3 is 19.5 Å². The van der Waals surface area contributed by atoms with Crippen molar-refractivity contribution in [3.8, 4) is 0 Å². The van der Waals surface area contributed by atoms with Gasteiger partial charge in [-0.05, 0) is 35.8 Å². The van der Waals surface area contributed by atoms with Gasteiger partial charge in [0.25, 0.3) is 0 Å². The van der Waals surface area contributed by atoms with Crippen LogP contribution in [0.25, 0.3) is 0 Å². The fourth-order valence-corrected chi connectivity index (χ4v) is 2.67. The van der Waals surface area contributed by atoms with Crippen LogP contribution < -0.4 is 10.2 Å². The maximum Gasteiger partial charge on any atom is 2.00 e. The van der Waals surface area contributed by atoms with Crippen LogP contribution in [0, 0.1) is 0 Å². The summed E-state index contributed by atoms with van der Waals surface area (Å²) in [6, 6.07) is 14.0. The second-order valence-electron chi connectivity index (χ2n) is 6.37. The third kappa shape index (κ3) is 7.26. The fourth-order valence-electron chi connectivity index (χ4n) is 2.67. The van der Waals surface area contributed by atoms with Gasteiger partial charge in [0.2, 0.25) is 0 Å². The molecule has 27 heavy (non-hydrogen) atoms. The Morgan fingerprint density at radius 3 is 1.30 bits per heavy atom. The Bertz CT molecular complexity index is 679. The molecule has 5 heteroatoms. The van der Waals surface area contributed by atoms with Crippen molar-refractivity contribution in [2.24, 2.45) is 0 Å². The zero-order valence-corrected chi connectivity index (χ0v) is 19.5. The van der Waals surface area contributed by atoms with Crippen LogP contribution in [0.15, 0.2) is 48.5 Å². The molecule has 0 radical (unpaired) electrons. The average Bonchev–Trinajstić information content (AvgIpc) is 2.67. The molecule has 0 aliphatic heterocycles. The second-order valence-corrected chi connectivity index (χ2v) is 6.37. The van der Waals surface area contributed by atoms with Crippen LogP contribution in [-0.4, -0.2) is 11.9 Å². The Kier molecular flexibility index (Phi) is 11.5. The summed E-state index contributed by atoms with van der Waals surface area (Å²) in [4.78, 5) is 21.5. The minimum Gasteiger partial charge on any atom is -0.545 e. The first-order valence-corrected chi connectivity index (χ1v) is 8.93. The van der Waals surface area contributed by atoms with Gasteiger partial charge in [0, 0.05) is 11.1 Å². The van der Waals surface area contributed by atoms with Crippen LogP contribution in [0.2, 0.25) is 0 Å². The molecule has 0 N–H and O–H groups in total. The Hall–Kier alpha value is -2.00. The fraction of sp³-hybridized carbons (Fsp3) is 0.364. The van der Waals surface area contributed by atoms with Gasteiger partial charge in [0.1, 0.15) is 0 Å². The number of carbonyl (C=O) groups excluding carboxylic acids is 2. The molecule has 0 aliphatic rings. The molecule has 0 spiro atoms. The number of hydrogen-bond acceptors (Lipinski definition) is 4. The molecule has 0 saturated heterocycles. The van der Waals surface area contributed by atoms with Gasteiger partial charge in [-0.15, -0.1) is 0 Å². The summed E-state index contributed by atoms with van der Waals surface area (Å²) in [5, 5.41) is 21.5. The average molecular weight is 420 g/mol. The van der Waals surface area contributed by atoms with Crippen molar-refractivity contribution in [2.45, 2.75) is 52.4 Å². The van der Waals surface area contributed by atoms with Crippen molar-refractivity contribution in [3.63, 3.8) is 0 Å². The SMILES string of the molecule is CCC(C)c1ccccc1C(=O)[O-].CCC(C)c1ccccc1C(=O)[O-].[Zn+2]. The number of hydrogen-bond donors (Lipinski definition) is 0. The van der Waals surface area contributed by atoms with E-state index >= 15 is 0 Å². The molecular weight excluding hydrogens is 394 g/mol. The number of carbonyl (C=O) groups is 2. The zero-order valence-electron chi connectivity index (χ0n) is 16.5. The summed E-state index contributed by atoms with van der Waals surface area (Å²) >= 11 is 0. The van der Waals surface area contributed by atoms with E-state index < -0.39 is 11.9 Å². The Balaban J connectivity index is 0.000000483. The largest absolute Gasteiger partial charge is 2.00 e. The number of rotatable bonds is 6. The smallest absolute Gasteiger partial charge is 0.545 e. The summed E-state index contributed by atoms with van der Waals surface area (Å²) in [6.45, 7) is 8.11. The van der Waals surface area contributed by atoms with Crippen molar-refractivity contribution in [3.05, 3.63) is 70.8 Å². The van der Waals surface area contributed by atoms with Gasteiger partial charge in [-0.3, -0.25) is 0 Å². The van der Waals surface area contributed by atoms with E-state index in [4.69, 9.17) is 0 Å². The Labute approximate surface area is 174 Å². The standard InChI is InChI=1S/2C11H14O2.Zn/c2*1-3-8(2)9-6-4-5-7-10(9)11(12)13;/h2*4-8H,3H2,1-2H3,(H,12,13);/q;;+2/p-2. The van der Waals surface area contributed by atoms with Gasteiger partial charge < -0.3 is 19.8 Å². The summed E-state index contributed by atoms with van der Waals surface area (Å²) in [7, 11) is 0. The first kappa shape index (κ1) is 25.0. The van der Waals surface area contributed by atoms with Gasteiger partial charge in [0.15, 0.2) is 0 Å². The van der Waals surface area contributed by atoms with E-state index in [0.717, 1.165) is 24.0 Å². The molecule has 0 aliphatic carbocycles. The molecule has 4 nitrogen and oxygen atoms in total. The van der Waals surface area contributed by atoms with E-state index in [-0.39, 0.29) is 31.3 Å². The van der Waals surface area contributed by atoms with Gasteiger partial charge in [-0.25, -0.2) is 0 Å². The maximum atomic E-state index is 10.7. The summed E-state index contributed by atoms with van der Waals surface area (Å²) in [6.07, 6.45) is 1.87. The molecule has 0 amide bonds. The van der Waals surface area contributed by atoms with Crippen molar-refractivity contribution in [1.29, 1.82) is 0 Å². The molecule has 2 rings (SSSR count). The van der Waals surface area contributed by atoms with Crippen LogP contribution in [0.1, 0.15) is 84.2 Å². The minimum absolute atomic E-state index is 0. The van der Waals surface area contributed by atoms with Gasteiger partial charge in [-0.2, -0.15) is 0 Å². The first-order chi connectivity index (χ1) is 12.3. The molecule has 0 fully saturated rings. The van der Waals surface area contributed by atoms with E-state index in [9.17, 15) is 19.8 Å². The van der Waals surface area contributed by atoms with Crippen molar-refractivity contribution in [2.75, 3.05) is 0 Å². The van der Waals surface area contributed by atoms with Crippen LogP contribution in [0.3, 0.4) is 0 Å². The molecule has 2 atom stereocenters. The molecule has 0 saturated carbocycles. The molecule has 0 heterocycles. The van der Waals surface area contributed by atoms with Crippen LogP contribution >= 0.6 is 0 Å². The monoisotopic (exact) mass is 418 g/mol. The Morgan fingerprint density at radius 1 is 0.741 bits per heavy atom. The molecule has 0 aromatic heterocycles. The maximum absolute atomic E-state index is 10.7. The van der Waals surface area contributed by atoms with E-state index in [0.29, 0.717) is 11.1 Å². The van der Waals surface area contributed by atoms with Gasteiger partial charge in [-0.1, -0.05) is 76.2 Å². The van der Waals surface area contributed by atoms with Crippen molar-refractivity contribution < 1.29 is 39.3 Å². The third-order valence-electron chi connectivity index (χ3n) is 4.65. The molecule has 140 valence electrons. The number of carboxylic acids is 2. The van der Waals surface area contributed by atoms with Crippen LogP contribution in [-0.2, 0) is 19.5 Å². The molecule has 2 aromatic carbocycles. The number of carboxylic acid groups (broad SMARTS) is 2.